The van der Waals surface area contributed by atoms with E-state index in [1.54, 1.807) is 0 Å². The average Bonchev–Trinajstić information content (AvgIpc) is 2.48. The van der Waals surface area contributed by atoms with E-state index < -0.39 is 0 Å². The van der Waals surface area contributed by atoms with Crippen LogP contribution in [0.5, 0.6) is 5.75 Å². The number of hydrogen-bond acceptors (Lipinski definition) is 3. The molecule has 0 aliphatic carbocycles. The zero-order valence-corrected chi connectivity index (χ0v) is 14.2. The van der Waals surface area contributed by atoms with Crippen LogP contribution >= 0.6 is 12.4 Å². The van der Waals surface area contributed by atoms with E-state index in [1.807, 2.05) is 25.1 Å². The molecule has 1 fully saturated rings. The number of amides is 1. The van der Waals surface area contributed by atoms with Gasteiger partial charge in [0.25, 0.3) is 0 Å². The highest BCUT2D eigenvalue weighted by atomic mass is 35.5. The summed E-state index contributed by atoms with van der Waals surface area (Å²) in [5, 5.41) is 6.44. The molecule has 2 rings (SSSR count). The largest absolute Gasteiger partial charge is 0.494 e. The van der Waals surface area contributed by atoms with Gasteiger partial charge in [-0.15, -0.1) is 12.4 Å². The summed E-state index contributed by atoms with van der Waals surface area (Å²) in [6.07, 6.45) is 2.72. The zero-order chi connectivity index (χ0) is 15.1. The van der Waals surface area contributed by atoms with Gasteiger partial charge in [0.1, 0.15) is 5.75 Å². The summed E-state index contributed by atoms with van der Waals surface area (Å²) in [6, 6.07) is 8.51. The van der Waals surface area contributed by atoms with E-state index >= 15 is 0 Å². The van der Waals surface area contributed by atoms with Gasteiger partial charge in [-0.3, -0.25) is 4.79 Å². The van der Waals surface area contributed by atoms with Gasteiger partial charge in [-0.25, -0.2) is 0 Å². The molecule has 1 amide bonds. The smallest absolute Gasteiger partial charge is 0.223 e. The number of halogens is 1. The van der Waals surface area contributed by atoms with E-state index in [1.165, 1.54) is 5.56 Å². The van der Waals surface area contributed by atoms with Crippen LogP contribution in [0, 0.1) is 5.92 Å². The van der Waals surface area contributed by atoms with E-state index in [9.17, 15) is 4.79 Å². The summed E-state index contributed by atoms with van der Waals surface area (Å²) in [5.41, 5.74) is 1.19. The lowest BCUT2D eigenvalue weighted by atomic mass is 9.92. The Morgan fingerprint density at radius 2 is 2.27 bits per heavy atom. The van der Waals surface area contributed by atoms with Gasteiger partial charge in [-0.2, -0.15) is 0 Å². The second kappa shape index (κ2) is 9.70. The Labute approximate surface area is 139 Å². The fourth-order valence-electron chi connectivity index (χ4n) is 2.80. The highest BCUT2D eigenvalue weighted by molar-refractivity contribution is 5.85. The molecule has 1 aromatic rings. The molecule has 0 saturated carbocycles. The fourth-order valence-corrected chi connectivity index (χ4v) is 2.80. The van der Waals surface area contributed by atoms with Crippen molar-refractivity contribution in [3.8, 4) is 5.75 Å². The molecule has 22 heavy (non-hydrogen) atoms. The lowest BCUT2D eigenvalue weighted by Gasteiger charge is -2.27. The Morgan fingerprint density at radius 3 is 3.00 bits per heavy atom. The Morgan fingerprint density at radius 1 is 1.45 bits per heavy atom. The van der Waals surface area contributed by atoms with Gasteiger partial charge >= 0.3 is 0 Å². The molecular formula is C17H27ClN2O2. The van der Waals surface area contributed by atoms with E-state index in [2.05, 4.69) is 23.6 Å². The maximum atomic E-state index is 12.1. The van der Waals surface area contributed by atoms with Crippen LogP contribution in [-0.4, -0.2) is 31.6 Å². The summed E-state index contributed by atoms with van der Waals surface area (Å²) >= 11 is 0. The van der Waals surface area contributed by atoms with Gasteiger partial charge in [-0.1, -0.05) is 12.1 Å². The standard InChI is InChI=1S/C17H26N2O2.ClH/c1-3-21-16-6-4-5-14(12-16)7-9-19-17(20)15-8-10-18-13(2)11-15;/h4-6,12-13,15,18H,3,7-11H2,1-2H3,(H,19,20);1H/t13-,15-;/m0./s1. The molecule has 5 heteroatoms. The first-order chi connectivity index (χ1) is 10.2. The monoisotopic (exact) mass is 326 g/mol. The predicted octanol–water partition coefficient (Wildman–Crippen LogP) is 2.55. The van der Waals surface area contributed by atoms with Crippen LogP contribution in [0.2, 0.25) is 0 Å². The molecule has 1 aliphatic rings. The quantitative estimate of drug-likeness (QED) is 0.844. The molecule has 1 saturated heterocycles. The minimum absolute atomic E-state index is 0. The second-order valence-electron chi connectivity index (χ2n) is 5.70. The maximum absolute atomic E-state index is 12.1. The molecule has 0 radical (unpaired) electrons. The van der Waals surface area contributed by atoms with E-state index in [0.717, 1.165) is 31.6 Å². The second-order valence-corrected chi connectivity index (χ2v) is 5.70. The fraction of sp³-hybridized carbons (Fsp3) is 0.588. The van der Waals surface area contributed by atoms with Crippen LogP contribution < -0.4 is 15.4 Å². The number of hydrogen-bond donors (Lipinski definition) is 2. The van der Waals surface area contributed by atoms with Crippen LogP contribution in [0.1, 0.15) is 32.3 Å². The molecule has 0 unspecified atom stereocenters. The van der Waals surface area contributed by atoms with Gasteiger partial charge in [0.2, 0.25) is 5.91 Å². The number of ether oxygens (including phenoxy) is 1. The zero-order valence-electron chi connectivity index (χ0n) is 13.4. The summed E-state index contributed by atoms with van der Waals surface area (Å²) in [6.45, 7) is 6.42. The normalized spacial score (nSPS) is 20.8. The molecule has 1 heterocycles. The average molecular weight is 327 g/mol. The molecule has 0 aromatic heterocycles. The summed E-state index contributed by atoms with van der Waals surface area (Å²) in [5.74, 6) is 1.26. The first kappa shape index (κ1) is 18.8. The summed E-state index contributed by atoms with van der Waals surface area (Å²) in [4.78, 5) is 12.1. The van der Waals surface area contributed by atoms with Crippen molar-refractivity contribution in [1.82, 2.24) is 10.6 Å². The molecule has 0 spiro atoms. The number of carbonyl (C=O) groups is 1. The number of carbonyl (C=O) groups excluding carboxylic acids is 1. The lowest BCUT2D eigenvalue weighted by Crippen LogP contribution is -2.42. The van der Waals surface area contributed by atoms with Crippen LogP contribution in [0.4, 0.5) is 0 Å². The summed E-state index contributed by atoms with van der Waals surface area (Å²) in [7, 11) is 0. The first-order valence-corrected chi connectivity index (χ1v) is 7.92. The van der Waals surface area contributed by atoms with Crippen LogP contribution in [-0.2, 0) is 11.2 Å². The highest BCUT2D eigenvalue weighted by Gasteiger charge is 2.24. The Hall–Kier alpha value is -1.26. The third kappa shape index (κ3) is 5.85. The van der Waals surface area contributed by atoms with E-state index in [-0.39, 0.29) is 24.2 Å². The SMILES string of the molecule is CCOc1cccc(CCNC(=O)[C@H]2CCN[C@@H](C)C2)c1.Cl. The van der Waals surface area contributed by atoms with Gasteiger partial charge < -0.3 is 15.4 Å². The van der Waals surface area contributed by atoms with Crippen LogP contribution in [0.3, 0.4) is 0 Å². The molecule has 1 aliphatic heterocycles. The van der Waals surface area contributed by atoms with E-state index in [0.29, 0.717) is 19.2 Å². The van der Waals surface area contributed by atoms with Crippen molar-refractivity contribution in [3.05, 3.63) is 29.8 Å². The molecule has 124 valence electrons. The maximum Gasteiger partial charge on any atom is 0.223 e. The third-order valence-corrected chi connectivity index (χ3v) is 3.92. The molecule has 2 atom stereocenters. The Bertz CT molecular complexity index is 468. The van der Waals surface area contributed by atoms with Gasteiger partial charge in [0.15, 0.2) is 0 Å². The minimum Gasteiger partial charge on any atom is -0.494 e. The third-order valence-electron chi connectivity index (χ3n) is 3.92. The molecule has 1 aromatic carbocycles. The molecule has 0 bridgehead atoms. The van der Waals surface area contributed by atoms with Crippen LogP contribution in [0.15, 0.2) is 24.3 Å². The van der Waals surface area contributed by atoms with Crippen molar-refractivity contribution in [1.29, 1.82) is 0 Å². The highest BCUT2D eigenvalue weighted by Crippen LogP contribution is 2.16. The number of rotatable bonds is 6. The topological polar surface area (TPSA) is 50.4 Å². The van der Waals surface area contributed by atoms with Crippen molar-refractivity contribution >= 4 is 18.3 Å². The van der Waals surface area contributed by atoms with E-state index in [4.69, 9.17) is 4.74 Å². The Balaban J connectivity index is 0.00000242. The molecule has 2 N–H and O–H groups in total. The first-order valence-electron chi connectivity index (χ1n) is 7.92. The number of nitrogens with one attached hydrogen (secondary N) is 2. The number of piperidine rings is 1. The lowest BCUT2D eigenvalue weighted by molar-refractivity contribution is -0.126. The molecule has 4 nitrogen and oxygen atoms in total. The van der Waals surface area contributed by atoms with Crippen molar-refractivity contribution in [2.45, 2.75) is 39.2 Å². The minimum atomic E-state index is 0. The Kier molecular flexibility index (Phi) is 8.28. The van der Waals surface area contributed by atoms with Crippen LogP contribution in [0.25, 0.3) is 0 Å². The van der Waals surface area contributed by atoms with Crippen molar-refractivity contribution in [3.63, 3.8) is 0 Å². The number of benzene rings is 1. The van der Waals surface area contributed by atoms with Gasteiger partial charge in [-0.05, 0) is 57.4 Å². The van der Waals surface area contributed by atoms with Crippen molar-refractivity contribution in [2.24, 2.45) is 5.92 Å². The predicted molar refractivity (Wildman–Crippen MR) is 91.8 cm³/mol. The molecular weight excluding hydrogens is 300 g/mol. The summed E-state index contributed by atoms with van der Waals surface area (Å²) < 4.78 is 5.49. The van der Waals surface area contributed by atoms with Crippen molar-refractivity contribution < 1.29 is 9.53 Å². The van der Waals surface area contributed by atoms with Gasteiger partial charge in [0, 0.05) is 18.5 Å². The van der Waals surface area contributed by atoms with Crippen molar-refractivity contribution in [2.75, 3.05) is 19.7 Å². The van der Waals surface area contributed by atoms with Gasteiger partial charge in [0.05, 0.1) is 6.61 Å².